The van der Waals surface area contributed by atoms with E-state index in [1.165, 1.54) is 29.2 Å². The molecule has 0 bridgehead atoms. The van der Waals surface area contributed by atoms with Gasteiger partial charge in [0.05, 0.1) is 11.1 Å². The van der Waals surface area contributed by atoms with Gasteiger partial charge in [-0.05, 0) is 30.7 Å². The Kier molecular flexibility index (Phi) is 4.57. The first-order chi connectivity index (χ1) is 13.9. The lowest BCUT2D eigenvalue weighted by Gasteiger charge is -2.30. The van der Waals surface area contributed by atoms with E-state index in [1.807, 2.05) is 0 Å². The minimum atomic E-state index is -4.59. The number of carbonyl (C=O) groups is 1. The number of fused-ring (bicyclic) bond motifs is 1. The summed E-state index contributed by atoms with van der Waals surface area (Å²) in [7, 11) is 0. The van der Waals surface area contributed by atoms with E-state index < -0.39 is 23.7 Å². The third kappa shape index (κ3) is 3.46. The molecule has 4 rings (SSSR count). The van der Waals surface area contributed by atoms with E-state index in [2.05, 4.69) is 20.7 Å². The van der Waals surface area contributed by atoms with Crippen molar-refractivity contribution in [2.45, 2.75) is 19.1 Å². The predicted molar refractivity (Wildman–Crippen MR) is 101 cm³/mol. The lowest BCUT2D eigenvalue weighted by atomic mass is 9.91. The summed E-state index contributed by atoms with van der Waals surface area (Å²) in [6, 6.07) is 12.8. The molecule has 3 aromatic rings. The monoisotopic (exact) mass is 399 g/mol. The molecule has 1 unspecified atom stereocenters. The van der Waals surface area contributed by atoms with Gasteiger partial charge in [-0.1, -0.05) is 36.4 Å². The number of para-hydroxylation sites is 1. The van der Waals surface area contributed by atoms with Crippen molar-refractivity contribution in [1.82, 2.24) is 14.8 Å². The summed E-state index contributed by atoms with van der Waals surface area (Å²) in [4.78, 5) is 17.1. The molecule has 148 valence electrons. The molecule has 1 aliphatic heterocycles. The van der Waals surface area contributed by atoms with E-state index in [1.54, 1.807) is 37.3 Å². The highest BCUT2D eigenvalue weighted by Crippen LogP contribution is 2.41. The first kappa shape index (κ1) is 18.7. The molecule has 6 nitrogen and oxygen atoms in total. The van der Waals surface area contributed by atoms with Gasteiger partial charge in [-0.3, -0.25) is 4.79 Å². The van der Waals surface area contributed by atoms with Gasteiger partial charge in [0.15, 0.2) is 0 Å². The first-order valence-electron chi connectivity index (χ1n) is 8.76. The van der Waals surface area contributed by atoms with Gasteiger partial charge in [0, 0.05) is 11.4 Å². The highest BCUT2D eigenvalue weighted by atomic mass is 19.4. The molecular weight excluding hydrogens is 383 g/mol. The minimum absolute atomic E-state index is 0.0780. The summed E-state index contributed by atoms with van der Waals surface area (Å²) in [5.74, 6) is -0.259. The van der Waals surface area contributed by atoms with Crippen molar-refractivity contribution < 1.29 is 18.0 Å². The van der Waals surface area contributed by atoms with Crippen LogP contribution in [0, 0.1) is 0 Å². The summed E-state index contributed by atoms with van der Waals surface area (Å²) < 4.78 is 42.4. The van der Waals surface area contributed by atoms with Gasteiger partial charge in [0.25, 0.3) is 5.91 Å². The molecule has 9 heteroatoms. The number of hydrogen-bond donors (Lipinski definition) is 2. The number of benzene rings is 2. The summed E-state index contributed by atoms with van der Waals surface area (Å²) in [5, 5.41) is 9.76. The second kappa shape index (κ2) is 7.08. The molecule has 0 fully saturated rings. The lowest BCUT2D eigenvalue weighted by molar-refractivity contribution is -0.138. The number of amides is 1. The predicted octanol–water partition coefficient (Wildman–Crippen LogP) is 4.22. The summed E-state index contributed by atoms with van der Waals surface area (Å²) in [6.07, 6.45) is -3.35. The van der Waals surface area contributed by atoms with E-state index in [4.69, 9.17) is 0 Å². The smallest absolute Gasteiger partial charge is 0.328 e. The van der Waals surface area contributed by atoms with Crippen LogP contribution < -0.4 is 10.6 Å². The van der Waals surface area contributed by atoms with Crippen LogP contribution in [0.3, 0.4) is 0 Å². The maximum absolute atomic E-state index is 13.7. The Morgan fingerprint density at radius 3 is 2.52 bits per heavy atom. The van der Waals surface area contributed by atoms with E-state index in [9.17, 15) is 18.0 Å². The third-order valence-corrected chi connectivity index (χ3v) is 4.63. The number of nitrogens with one attached hydrogen (secondary N) is 2. The van der Waals surface area contributed by atoms with Gasteiger partial charge < -0.3 is 10.6 Å². The zero-order chi connectivity index (χ0) is 20.6. The summed E-state index contributed by atoms with van der Waals surface area (Å²) in [6.45, 7) is 1.63. The number of anilines is 2. The number of allylic oxidation sites excluding steroid dienone is 1. The topological polar surface area (TPSA) is 71.8 Å². The van der Waals surface area contributed by atoms with Crippen LogP contribution in [0.4, 0.5) is 24.8 Å². The van der Waals surface area contributed by atoms with Gasteiger partial charge >= 0.3 is 6.18 Å². The molecule has 0 radical (unpaired) electrons. The van der Waals surface area contributed by atoms with Crippen molar-refractivity contribution in [3.63, 3.8) is 0 Å². The van der Waals surface area contributed by atoms with Gasteiger partial charge in [-0.15, -0.1) is 0 Å². The van der Waals surface area contributed by atoms with E-state index >= 15 is 0 Å². The van der Waals surface area contributed by atoms with Crippen LogP contribution in [-0.2, 0) is 11.0 Å². The van der Waals surface area contributed by atoms with Gasteiger partial charge in [-0.2, -0.15) is 23.3 Å². The molecule has 2 aromatic carbocycles. The molecular formula is C20H16F3N5O. The van der Waals surface area contributed by atoms with Crippen molar-refractivity contribution in [2.24, 2.45) is 0 Å². The number of hydrogen-bond acceptors (Lipinski definition) is 4. The third-order valence-electron chi connectivity index (χ3n) is 4.63. The van der Waals surface area contributed by atoms with Crippen LogP contribution in [0.1, 0.15) is 24.1 Å². The second-order valence-corrected chi connectivity index (χ2v) is 6.50. The van der Waals surface area contributed by atoms with Crippen LogP contribution in [0.2, 0.25) is 0 Å². The Labute approximate surface area is 164 Å². The molecule has 29 heavy (non-hydrogen) atoms. The van der Waals surface area contributed by atoms with Crippen LogP contribution in [0.25, 0.3) is 0 Å². The van der Waals surface area contributed by atoms with Crippen molar-refractivity contribution in [3.05, 3.63) is 83.3 Å². The summed E-state index contributed by atoms with van der Waals surface area (Å²) in [5.41, 5.74) is 0.159. The Morgan fingerprint density at radius 1 is 1.10 bits per heavy atom. The van der Waals surface area contributed by atoms with Crippen molar-refractivity contribution in [3.8, 4) is 0 Å². The number of alkyl halides is 3. The summed E-state index contributed by atoms with van der Waals surface area (Å²) >= 11 is 0. The molecule has 2 heterocycles. The molecule has 1 amide bonds. The maximum Gasteiger partial charge on any atom is 0.416 e. The fourth-order valence-electron chi connectivity index (χ4n) is 3.39. The van der Waals surface area contributed by atoms with Crippen LogP contribution in [-0.4, -0.2) is 20.7 Å². The molecule has 1 atom stereocenters. The quantitative estimate of drug-likeness (QED) is 0.692. The Bertz CT molecular complexity index is 1090. The fourth-order valence-corrected chi connectivity index (χ4v) is 3.39. The highest BCUT2D eigenvalue weighted by Gasteiger charge is 2.40. The average Bonchev–Trinajstić information content (AvgIpc) is 3.15. The largest absolute Gasteiger partial charge is 0.416 e. The number of halogens is 3. The fraction of sp³-hybridized carbons (Fsp3) is 0.150. The Hall–Kier alpha value is -3.62. The molecule has 0 aliphatic carbocycles. The van der Waals surface area contributed by atoms with Crippen LogP contribution >= 0.6 is 0 Å². The van der Waals surface area contributed by atoms with Crippen molar-refractivity contribution in [1.29, 1.82) is 0 Å². The van der Waals surface area contributed by atoms with Crippen molar-refractivity contribution in [2.75, 3.05) is 10.6 Å². The number of carbonyl (C=O) groups excluding carboxylic acids is 1. The number of aromatic nitrogens is 3. The average molecular weight is 399 g/mol. The highest BCUT2D eigenvalue weighted by molar-refractivity contribution is 6.06. The van der Waals surface area contributed by atoms with E-state index in [0.717, 1.165) is 6.07 Å². The molecule has 1 aromatic heterocycles. The zero-order valence-corrected chi connectivity index (χ0v) is 15.2. The number of nitrogens with zero attached hydrogens (tertiary/aromatic N) is 3. The van der Waals surface area contributed by atoms with E-state index in [0.29, 0.717) is 11.4 Å². The zero-order valence-electron chi connectivity index (χ0n) is 15.2. The molecule has 1 aliphatic rings. The normalized spacial score (nSPS) is 16.2. The Morgan fingerprint density at radius 2 is 1.79 bits per heavy atom. The van der Waals surface area contributed by atoms with E-state index in [-0.39, 0.29) is 17.1 Å². The lowest BCUT2D eigenvalue weighted by Crippen LogP contribution is -2.32. The van der Waals surface area contributed by atoms with Crippen molar-refractivity contribution >= 4 is 17.5 Å². The molecule has 0 saturated carbocycles. The maximum atomic E-state index is 13.7. The Balaban J connectivity index is 1.85. The molecule has 2 N–H and O–H groups in total. The van der Waals surface area contributed by atoms with Gasteiger partial charge in [0.1, 0.15) is 12.4 Å². The second-order valence-electron chi connectivity index (χ2n) is 6.50. The van der Waals surface area contributed by atoms with Crippen LogP contribution in [0.5, 0.6) is 0 Å². The van der Waals surface area contributed by atoms with Gasteiger partial charge in [-0.25, -0.2) is 4.68 Å². The SMILES string of the molecule is CC1=C(C(=O)Nc2ccccc2)C(c2ccccc2C(F)(F)F)n2ncnc2N1. The number of rotatable bonds is 3. The molecule has 0 spiro atoms. The van der Waals surface area contributed by atoms with Crippen LogP contribution in [0.15, 0.2) is 72.2 Å². The standard InChI is InChI=1S/C20H16F3N5O/c1-12-16(18(29)27-13-7-3-2-4-8-13)17(28-19(26-12)24-11-25-28)14-9-5-6-10-15(14)20(21,22)23/h2-11,17H,1H3,(H,27,29)(H,24,25,26). The molecule has 0 saturated heterocycles. The minimum Gasteiger partial charge on any atom is -0.328 e. The first-order valence-corrected chi connectivity index (χ1v) is 8.76. The van der Waals surface area contributed by atoms with Gasteiger partial charge in [0.2, 0.25) is 5.95 Å².